The van der Waals surface area contributed by atoms with Crippen LogP contribution in [-0.4, -0.2) is 71.0 Å². The van der Waals surface area contributed by atoms with Crippen molar-refractivity contribution in [1.82, 2.24) is 20.1 Å². The lowest BCUT2D eigenvalue weighted by atomic mass is 10.1. The molecule has 2 heterocycles. The van der Waals surface area contributed by atoms with Gasteiger partial charge in [-0.3, -0.25) is 14.6 Å². The molecule has 1 aliphatic heterocycles. The van der Waals surface area contributed by atoms with Crippen molar-refractivity contribution in [1.29, 1.82) is 0 Å². The minimum atomic E-state index is -0.367. The maximum atomic E-state index is 12.7. The summed E-state index contributed by atoms with van der Waals surface area (Å²) in [5, 5.41) is 2.86. The van der Waals surface area contributed by atoms with E-state index in [1.807, 2.05) is 20.8 Å². The summed E-state index contributed by atoms with van der Waals surface area (Å²) in [7, 11) is 0. The van der Waals surface area contributed by atoms with Gasteiger partial charge in [-0.05, 0) is 39.8 Å². The summed E-state index contributed by atoms with van der Waals surface area (Å²) < 4.78 is 4.97. The third kappa shape index (κ3) is 5.18. The molecular formula is C18H26N4O4. The molecule has 8 nitrogen and oxygen atoms in total. The van der Waals surface area contributed by atoms with Crippen LogP contribution in [0.5, 0.6) is 0 Å². The zero-order valence-electron chi connectivity index (χ0n) is 15.7. The first kappa shape index (κ1) is 19.7. The van der Waals surface area contributed by atoms with Gasteiger partial charge in [0.25, 0.3) is 11.8 Å². The predicted octanol–water partition coefficient (Wildman–Crippen LogP) is 1.52. The highest BCUT2D eigenvalue weighted by molar-refractivity contribution is 5.98. The Morgan fingerprint density at radius 1 is 1.15 bits per heavy atom. The van der Waals surface area contributed by atoms with Gasteiger partial charge in [-0.1, -0.05) is 0 Å². The summed E-state index contributed by atoms with van der Waals surface area (Å²) in [6, 6.07) is 3.08. The molecule has 2 rings (SSSR count). The van der Waals surface area contributed by atoms with Crippen molar-refractivity contribution in [3.8, 4) is 0 Å². The number of piperazine rings is 1. The summed E-state index contributed by atoms with van der Waals surface area (Å²) in [6.07, 6.45) is 1.10. The molecular weight excluding hydrogens is 336 g/mol. The molecule has 0 bridgehead atoms. The molecule has 1 saturated heterocycles. The van der Waals surface area contributed by atoms with Crippen LogP contribution in [0.4, 0.5) is 4.79 Å². The molecule has 0 unspecified atom stereocenters. The van der Waals surface area contributed by atoms with Crippen LogP contribution in [0.15, 0.2) is 18.3 Å². The minimum Gasteiger partial charge on any atom is -0.450 e. The van der Waals surface area contributed by atoms with E-state index in [9.17, 15) is 14.4 Å². The van der Waals surface area contributed by atoms with E-state index in [0.717, 1.165) is 0 Å². The van der Waals surface area contributed by atoms with Gasteiger partial charge in [0.15, 0.2) is 0 Å². The summed E-state index contributed by atoms with van der Waals surface area (Å²) in [4.78, 5) is 44.0. The van der Waals surface area contributed by atoms with E-state index in [2.05, 4.69) is 10.3 Å². The van der Waals surface area contributed by atoms with Crippen LogP contribution >= 0.6 is 0 Å². The Bertz CT molecular complexity index is 676. The Kier molecular flexibility index (Phi) is 6.18. The van der Waals surface area contributed by atoms with E-state index < -0.39 is 0 Å². The average molecular weight is 362 g/mol. The Labute approximate surface area is 153 Å². The van der Waals surface area contributed by atoms with Crippen LogP contribution < -0.4 is 5.32 Å². The van der Waals surface area contributed by atoms with Gasteiger partial charge >= 0.3 is 6.09 Å². The zero-order chi connectivity index (χ0) is 19.3. The third-order valence-electron chi connectivity index (χ3n) is 3.82. The summed E-state index contributed by atoms with van der Waals surface area (Å²) in [5.74, 6) is -0.500. The van der Waals surface area contributed by atoms with Crippen LogP contribution in [0.2, 0.25) is 0 Å². The van der Waals surface area contributed by atoms with E-state index in [1.165, 1.54) is 12.3 Å². The molecule has 1 aromatic heterocycles. The second-order valence-corrected chi connectivity index (χ2v) is 7.11. The fourth-order valence-corrected chi connectivity index (χ4v) is 2.57. The fourth-order valence-electron chi connectivity index (χ4n) is 2.57. The molecule has 0 saturated carbocycles. The van der Waals surface area contributed by atoms with Crippen molar-refractivity contribution >= 4 is 17.9 Å². The summed E-state index contributed by atoms with van der Waals surface area (Å²) in [6.45, 7) is 9.38. The number of carbonyl (C=O) groups excluding carboxylic acids is 3. The van der Waals surface area contributed by atoms with Crippen LogP contribution in [0.3, 0.4) is 0 Å². The number of ether oxygens (including phenoxy) is 1. The molecule has 1 aliphatic rings. The predicted molar refractivity (Wildman–Crippen MR) is 96.0 cm³/mol. The van der Waals surface area contributed by atoms with E-state index in [-0.39, 0.29) is 29.1 Å². The van der Waals surface area contributed by atoms with Crippen molar-refractivity contribution < 1.29 is 19.1 Å². The molecule has 0 atom stereocenters. The minimum absolute atomic E-state index is 0.219. The largest absolute Gasteiger partial charge is 0.450 e. The standard InChI is InChI=1S/C18H26N4O4/c1-5-26-17(25)22-10-8-21(9-11-22)16(24)14-12-13(6-7-19-14)15(23)20-18(2,3)4/h6-7,12H,5,8-11H2,1-4H3,(H,20,23). The van der Waals surface area contributed by atoms with Gasteiger partial charge in [-0.25, -0.2) is 4.79 Å². The first-order chi connectivity index (χ1) is 12.2. The lowest BCUT2D eigenvalue weighted by molar-refractivity contribution is 0.0566. The molecule has 26 heavy (non-hydrogen) atoms. The number of carbonyl (C=O) groups is 3. The summed E-state index contributed by atoms with van der Waals surface area (Å²) in [5.41, 5.74) is 0.244. The van der Waals surface area contributed by atoms with Gasteiger partial charge < -0.3 is 19.9 Å². The second kappa shape index (κ2) is 8.16. The van der Waals surface area contributed by atoms with Crippen molar-refractivity contribution in [2.45, 2.75) is 33.2 Å². The zero-order valence-corrected chi connectivity index (χ0v) is 15.7. The second-order valence-electron chi connectivity index (χ2n) is 7.11. The number of nitrogens with zero attached hydrogens (tertiary/aromatic N) is 3. The van der Waals surface area contributed by atoms with Gasteiger partial charge in [-0.15, -0.1) is 0 Å². The van der Waals surface area contributed by atoms with Gasteiger partial charge in [0.05, 0.1) is 6.61 Å². The first-order valence-electron chi connectivity index (χ1n) is 8.71. The van der Waals surface area contributed by atoms with E-state index in [1.54, 1.807) is 22.8 Å². The van der Waals surface area contributed by atoms with E-state index in [0.29, 0.717) is 38.3 Å². The molecule has 1 N–H and O–H groups in total. The Morgan fingerprint density at radius 2 is 1.77 bits per heavy atom. The van der Waals surface area contributed by atoms with E-state index in [4.69, 9.17) is 4.74 Å². The highest BCUT2D eigenvalue weighted by Crippen LogP contribution is 2.11. The summed E-state index contributed by atoms with van der Waals surface area (Å²) >= 11 is 0. The Hall–Kier alpha value is -2.64. The Morgan fingerprint density at radius 3 is 2.35 bits per heavy atom. The number of hydrogen-bond acceptors (Lipinski definition) is 5. The number of pyridine rings is 1. The molecule has 0 aliphatic carbocycles. The van der Waals surface area contributed by atoms with Crippen molar-refractivity contribution in [2.24, 2.45) is 0 Å². The molecule has 0 spiro atoms. The third-order valence-corrected chi connectivity index (χ3v) is 3.82. The van der Waals surface area contributed by atoms with Crippen molar-refractivity contribution in [3.05, 3.63) is 29.6 Å². The normalized spacial score (nSPS) is 14.8. The van der Waals surface area contributed by atoms with Crippen LogP contribution in [0.1, 0.15) is 48.5 Å². The highest BCUT2D eigenvalue weighted by atomic mass is 16.6. The van der Waals surface area contributed by atoms with Gasteiger partial charge in [0.1, 0.15) is 5.69 Å². The maximum Gasteiger partial charge on any atom is 0.409 e. The highest BCUT2D eigenvalue weighted by Gasteiger charge is 2.26. The maximum absolute atomic E-state index is 12.7. The average Bonchev–Trinajstić information content (AvgIpc) is 2.60. The van der Waals surface area contributed by atoms with Gasteiger partial charge in [0.2, 0.25) is 0 Å². The van der Waals surface area contributed by atoms with Crippen molar-refractivity contribution in [2.75, 3.05) is 32.8 Å². The topological polar surface area (TPSA) is 91.8 Å². The van der Waals surface area contributed by atoms with Gasteiger partial charge in [0, 0.05) is 43.5 Å². The lowest BCUT2D eigenvalue weighted by Crippen LogP contribution is -2.50. The molecule has 0 aromatic carbocycles. The molecule has 142 valence electrons. The SMILES string of the molecule is CCOC(=O)N1CCN(C(=O)c2cc(C(=O)NC(C)(C)C)ccn2)CC1. The monoisotopic (exact) mass is 362 g/mol. The molecule has 0 radical (unpaired) electrons. The lowest BCUT2D eigenvalue weighted by Gasteiger charge is -2.33. The molecule has 1 aromatic rings. The first-order valence-corrected chi connectivity index (χ1v) is 8.71. The van der Waals surface area contributed by atoms with Gasteiger partial charge in [-0.2, -0.15) is 0 Å². The Balaban J connectivity index is 2.01. The number of amides is 3. The smallest absolute Gasteiger partial charge is 0.409 e. The fraction of sp³-hybridized carbons (Fsp3) is 0.556. The number of aromatic nitrogens is 1. The molecule has 8 heteroatoms. The van der Waals surface area contributed by atoms with Crippen LogP contribution in [0, 0.1) is 0 Å². The van der Waals surface area contributed by atoms with E-state index >= 15 is 0 Å². The number of hydrogen-bond donors (Lipinski definition) is 1. The number of nitrogens with one attached hydrogen (secondary N) is 1. The molecule has 3 amide bonds. The molecule has 1 fully saturated rings. The number of rotatable bonds is 3. The van der Waals surface area contributed by atoms with Crippen LogP contribution in [-0.2, 0) is 4.74 Å². The van der Waals surface area contributed by atoms with Crippen molar-refractivity contribution in [3.63, 3.8) is 0 Å². The quantitative estimate of drug-likeness (QED) is 0.880. The van der Waals surface area contributed by atoms with Crippen LogP contribution in [0.25, 0.3) is 0 Å².